The van der Waals surface area contributed by atoms with E-state index in [4.69, 9.17) is 5.73 Å². The number of nitrogen functional groups attached to an aromatic ring is 1. The number of anilines is 1. The van der Waals surface area contributed by atoms with E-state index >= 15 is 0 Å². The number of nitroso groups, excluding NO2 is 1. The molecule has 134 valence electrons. The van der Waals surface area contributed by atoms with E-state index in [1.807, 2.05) is 24.3 Å². The predicted molar refractivity (Wildman–Crippen MR) is 108 cm³/mol. The summed E-state index contributed by atoms with van der Waals surface area (Å²) < 4.78 is 2.38. The highest BCUT2D eigenvalue weighted by atomic mass is 16.3. The molecule has 1 aliphatic rings. The Labute approximate surface area is 153 Å². The first-order chi connectivity index (χ1) is 12.7. The quantitative estimate of drug-likeness (QED) is 0.533. The maximum absolute atomic E-state index is 10.7. The van der Waals surface area contributed by atoms with Gasteiger partial charge in [-0.2, -0.15) is 0 Å². The molecule has 0 bridgehead atoms. The first-order valence-corrected chi connectivity index (χ1v) is 9.18. The van der Waals surface area contributed by atoms with Crippen molar-refractivity contribution >= 4 is 22.3 Å². The Balaban J connectivity index is 1.73. The zero-order valence-corrected chi connectivity index (χ0v) is 15.1. The standard InChI is InChI=1S/C21H24N4O/c1-24-11-2-3-19(24)10-12-25-20-9-6-17(22)13-16(20)14-21(25)15-4-7-18(23-26)8-5-15/h4-9,13-14,19H,2-3,10-12,22H2,1H3. The molecule has 4 rings (SSSR count). The van der Waals surface area contributed by atoms with Crippen molar-refractivity contribution in [1.82, 2.24) is 9.47 Å². The van der Waals surface area contributed by atoms with Gasteiger partial charge < -0.3 is 15.2 Å². The lowest BCUT2D eigenvalue weighted by atomic mass is 10.1. The summed E-state index contributed by atoms with van der Waals surface area (Å²) in [5.74, 6) is 0. The van der Waals surface area contributed by atoms with Crippen molar-refractivity contribution in [2.45, 2.75) is 31.8 Å². The van der Waals surface area contributed by atoms with Gasteiger partial charge in [0.15, 0.2) is 0 Å². The highest BCUT2D eigenvalue weighted by Gasteiger charge is 2.21. The van der Waals surface area contributed by atoms with Crippen LogP contribution in [0.1, 0.15) is 19.3 Å². The highest BCUT2D eigenvalue weighted by molar-refractivity contribution is 5.89. The summed E-state index contributed by atoms with van der Waals surface area (Å²) in [7, 11) is 2.22. The first kappa shape index (κ1) is 16.8. The fourth-order valence-corrected chi connectivity index (χ4v) is 4.08. The van der Waals surface area contributed by atoms with Gasteiger partial charge >= 0.3 is 0 Å². The molecule has 1 unspecified atom stereocenters. The van der Waals surface area contributed by atoms with Crippen LogP contribution in [-0.2, 0) is 6.54 Å². The fraction of sp³-hybridized carbons (Fsp3) is 0.333. The van der Waals surface area contributed by atoms with Gasteiger partial charge in [0.2, 0.25) is 0 Å². The molecule has 1 fully saturated rings. The third kappa shape index (κ3) is 3.10. The maximum Gasteiger partial charge on any atom is 0.108 e. The van der Waals surface area contributed by atoms with Gasteiger partial charge in [-0.1, -0.05) is 12.1 Å². The van der Waals surface area contributed by atoms with Crippen LogP contribution in [0.4, 0.5) is 11.4 Å². The molecule has 0 amide bonds. The van der Waals surface area contributed by atoms with Crippen molar-refractivity contribution in [2.24, 2.45) is 5.18 Å². The molecule has 1 atom stereocenters. The van der Waals surface area contributed by atoms with Crippen LogP contribution in [0.25, 0.3) is 22.2 Å². The van der Waals surface area contributed by atoms with E-state index in [1.54, 1.807) is 12.1 Å². The van der Waals surface area contributed by atoms with Crippen molar-refractivity contribution in [3.63, 3.8) is 0 Å². The third-order valence-corrected chi connectivity index (χ3v) is 5.55. The third-order valence-electron chi connectivity index (χ3n) is 5.55. The lowest BCUT2D eigenvalue weighted by Gasteiger charge is -2.20. The molecule has 1 aliphatic heterocycles. The topological polar surface area (TPSA) is 63.6 Å². The minimum Gasteiger partial charge on any atom is -0.399 e. The number of nitrogens with two attached hydrogens (primary N) is 1. The van der Waals surface area contributed by atoms with Crippen LogP contribution in [0.5, 0.6) is 0 Å². The first-order valence-electron chi connectivity index (χ1n) is 9.18. The van der Waals surface area contributed by atoms with E-state index in [1.165, 1.54) is 24.9 Å². The maximum atomic E-state index is 10.7. The minimum atomic E-state index is 0.452. The monoisotopic (exact) mass is 348 g/mol. The van der Waals surface area contributed by atoms with Crippen LogP contribution in [0.15, 0.2) is 53.7 Å². The molecule has 26 heavy (non-hydrogen) atoms. The number of likely N-dealkylation sites (tertiary alicyclic amines) is 1. The van der Waals surface area contributed by atoms with Gasteiger partial charge in [-0.15, -0.1) is 4.91 Å². The SMILES string of the molecule is CN1CCCC1CCn1c(-c2ccc(N=O)cc2)cc2cc(N)ccc21. The predicted octanol–water partition coefficient (Wildman–Crippen LogP) is 4.77. The van der Waals surface area contributed by atoms with Gasteiger partial charge in [0, 0.05) is 34.9 Å². The molecule has 0 aliphatic carbocycles. The summed E-state index contributed by atoms with van der Waals surface area (Å²) in [5, 5.41) is 4.15. The number of aryl methyl sites for hydroxylation is 1. The number of hydrogen-bond acceptors (Lipinski definition) is 4. The van der Waals surface area contributed by atoms with Gasteiger partial charge in [-0.25, -0.2) is 0 Å². The molecular formula is C21H24N4O. The van der Waals surface area contributed by atoms with Gasteiger partial charge in [-0.05, 0) is 80.0 Å². The van der Waals surface area contributed by atoms with Crippen molar-refractivity contribution < 1.29 is 0 Å². The number of aromatic nitrogens is 1. The average Bonchev–Trinajstić information content (AvgIpc) is 3.22. The normalized spacial score (nSPS) is 17.8. The summed E-state index contributed by atoms with van der Waals surface area (Å²) >= 11 is 0. The number of benzene rings is 2. The van der Waals surface area contributed by atoms with Crippen LogP contribution < -0.4 is 5.73 Å². The summed E-state index contributed by atoms with van der Waals surface area (Å²) in [6.07, 6.45) is 3.69. The Hall–Kier alpha value is -2.66. The van der Waals surface area contributed by atoms with E-state index < -0.39 is 0 Å². The molecule has 1 aromatic heterocycles. The van der Waals surface area contributed by atoms with Crippen LogP contribution in [0.2, 0.25) is 0 Å². The van der Waals surface area contributed by atoms with E-state index in [9.17, 15) is 4.91 Å². The number of rotatable bonds is 5. The summed E-state index contributed by atoms with van der Waals surface area (Å²) in [5.41, 5.74) is 10.7. The minimum absolute atomic E-state index is 0.452. The molecular weight excluding hydrogens is 324 g/mol. The molecule has 2 aromatic carbocycles. The average molecular weight is 348 g/mol. The van der Waals surface area contributed by atoms with Crippen LogP contribution in [0, 0.1) is 4.91 Å². The molecule has 2 heterocycles. The molecule has 3 aromatic rings. The summed E-state index contributed by atoms with van der Waals surface area (Å²) in [4.78, 5) is 13.2. The lowest BCUT2D eigenvalue weighted by molar-refractivity contribution is 0.287. The molecule has 2 N–H and O–H groups in total. The molecule has 0 saturated carbocycles. The molecule has 5 nitrogen and oxygen atoms in total. The smallest absolute Gasteiger partial charge is 0.108 e. The fourth-order valence-electron chi connectivity index (χ4n) is 4.08. The summed E-state index contributed by atoms with van der Waals surface area (Å²) in [6.45, 7) is 2.16. The zero-order valence-electron chi connectivity index (χ0n) is 15.1. The molecule has 0 spiro atoms. The van der Waals surface area contributed by atoms with Gasteiger partial charge in [0.1, 0.15) is 5.69 Å². The van der Waals surface area contributed by atoms with E-state index in [0.29, 0.717) is 11.7 Å². The Bertz CT molecular complexity index is 929. The number of fused-ring (bicyclic) bond motifs is 1. The van der Waals surface area contributed by atoms with Gasteiger partial charge in [0.25, 0.3) is 0 Å². The highest BCUT2D eigenvalue weighted by Crippen LogP contribution is 2.31. The van der Waals surface area contributed by atoms with Crippen molar-refractivity contribution in [3.05, 3.63) is 53.4 Å². The largest absolute Gasteiger partial charge is 0.399 e. The van der Waals surface area contributed by atoms with Crippen molar-refractivity contribution in [3.8, 4) is 11.3 Å². The van der Waals surface area contributed by atoms with Crippen LogP contribution >= 0.6 is 0 Å². The number of hydrogen-bond donors (Lipinski definition) is 1. The molecule has 1 saturated heterocycles. The van der Waals surface area contributed by atoms with Crippen molar-refractivity contribution in [2.75, 3.05) is 19.3 Å². The zero-order chi connectivity index (χ0) is 18.1. The summed E-state index contributed by atoms with van der Waals surface area (Å²) in [6, 6.07) is 16.4. The Morgan fingerprint density at radius 2 is 1.96 bits per heavy atom. The lowest BCUT2D eigenvalue weighted by Crippen LogP contribution is -2.26. The second-order valence-corrected chi connectivity index (χ2v) is 7.20. The van der Waals surface area contributed by atoms with E-state index in [2.05, 4.69) is 33.8 Å². The van der Waals surface area contributed by atoms with Crippen LogP contribution in [0.3, 0.4) is 0 Å². The Morgan fingerprint density at radius 1 is 1.15 bits per heavy atom. The molecule has 5 heteroatoms. The number of nitrogens with zero attached hydrogens (tertiary/aromatic N) is 3. The Morgan fingerprint density at radius 3 is 2.65 bits per heavy atom. The second kappa shape index (κ2) is 6.92. The van der Waals surface area contributed by atoms with E-state index in [0.717, 1.165) is 35.3 Å². The van der Waals surface area contributed by atoms with Crippen molar-refractivity contribution in [1.29, 1.82) is 0 Å². The second-order valence-electron chi connectivity index (χ2n) is 7.20. The Kier molecular flexibility index (Phi) is 4.47. The molecule has 0 radical (unpaired) electrons. The van der Waals surface area contributed by atoms with Gasteiger partial charge in [0.05, 0.1) is 0 Å². The van der Waals surface area contributed by atoms with Crippen LogP contribution in [-0.4, -0.2) is 29.1 Å². The van der Waals surface area contributed by atoms with E-state index in [-0.39, 0.29) is 0 Å². The van der Waals surface area contributed by atoms with Gasteiger partial charge in [-0.3, -0.25) is 0 Å².